The molecule has 5 nitrogen and oxygen atoms in total. The van der Waals surface area contributed by atoms with Crippen LogP contribution in [0.25, 0.3) is 5.76 Å². The Morgan fingerprint density at radius 2 is 1.71 bits per heavy atom. The Morgan fingerprint density at radius 3 is 2.34 bits per heavy atom. The molecule has 1 N–H and O–H groups in total. The quantitative estimate of drug-likeness (QED) is 0.271. The number of hydrogen-bond donors (Lipinski definition) is 1. The molecule has 1 saturated heterocycles. The first-order chi connectivity index (χ1) is 16.7. The predicted molar refractivity (Wildman–Crippen MR) is 129 cm³/mol. The number of hydrogen-bond acceptors (Lipinski definition) is 4. The average Bonchev–Trinajstić information content (AvgIpc) is 3.10. The molecule has 0 spiro atoms. The Bertz CT molecular complexity index is 1320. The van der Waals surface area contributed by atoms with E-state index in [1.54, 1.807) is 48.5 Å². The van der Waals surface area contributed by atoms with E-state index in [1.165, 1.54) is 6.07 Å². The van der Waals surface area contributed by atoms with Crippen LogP contribution in [0.4, 0.5) is 14.5 Å². The summed E-state index contributed by atoms with van der Waals surface area (Å²) >= 11 is 0. The fourth-order valence-corrected chi connectivity index (χ4v) is 4.06. The van der Waals surface area contributed by atoms with E-state index in [1.807, 2.05) is 20.8 Å². The summed E-state index contributed by atoms with van der Waals surface area (Å²) in [7, 11) is 0. The highest BCUT2D eigenvalue weighted by Gasteiger charge is 2.47. The molecule has 1 heterocycles. The van der Waals surface area contributed by atoms with Gasteiger partial charge in [0.2, 0.25) is 0 Å². The second-order valence-electron chi connectivity index (χ2n) is 8.86. The van der Waals surface area contributed by atoms with Crippen molar-refractivity contribution in [3.63, 3.8) is 0 Å². The van der Waals surface area contributed by atoms with Crippen molar-refractivity contribution in [2.24, 2.45) is 5.92 Å². The van der Waals surface area contributed by atoms with Gasteiger partial charge in [0.05, 0.1) is 18.2 Å². The van der Waals surface area contributed by atoms with Gasteiger partial charge < -0.3 is 9.84 Å². The largest absolute Gasteiger partial charge is 0.507 e. The van der Waals surface area contributed by atoms with Gasteiger partial charge in [-0.1, -0.05) is 44.2 Å². The SMILES string of the molecule is Cc1cc(/C(O)=C2\C(=O)C(=O)N(c3ccc(F)c(F)c3)C2c2ccccc2)ccc1OCC(C)C. The summed E-state index contributed by atoms with van der Waals surface area (Å²) in [5.74, 6) is -3.46. The van der Waals surface area contributed by atoms with Gasteiger partial charge in [-0.2, -0.15) is 0 Å². The highest BCUT2D eigenvalue weighted by Crippen LogP contribution is 2.42. The fourth-order valence-electron chi connectivity index (χ4n) is 4.06. The molecule has 35 heavy (non-hydrogen) atoms. The van der Waals surface area contributed by atoms with Gasteiger partial charge in [0.25, 0.3) is 11.7 Å². The number of Topliss-reactive ketones (excluding diaryl/α,β-unsaturated/α-hetero) is 1. The number of nitrogens with zero attached hydrogens (tertiary/aromatic N) is 1. The van der Waals surface area contributed by atoms with Crippen LogP contribution < -0.4 is 9.64 Å². The number of aliphatic hydroxyl groups excluding tert-OH is 1. The van der Waals surface area contributed by atoms with Crippen LogP contribution in [0.2, 0.25) is 0 Å². The van der Waals surface area contributed by atoms with Crippen molar-refractivity contribution in [3.8, 4) is 5.75 Å². The molecule has 0 saturated carbocycles. The van der Waals surface area contributed by atoms with E-state index in [-0.39, 0.29) is 17.0 Å². The van der Waals surface area contributed by atoms with E-state index in [0.29, 0.717) is 29.4 Å². The lowest BCUT2D eigenvalue weighted by molar-refractivity contribution is -0.132. The normalized spacial score (nSPS) is 17.3. The first kappa shape index (κ1) is 24.1. The molecule has 0 aliphatic carbocycles. The minimum absolute atomic E-state index is 0.00696. The van der Waals surface area contributed by atoms with Gasteiger partial charge >= 0.3 is 0 Å². The van der Waals surface area contributed by atoms with Gasteiger partial charge in [0.15, 0.2) is 11.6 Å². The molecule has 1 unspecified atom stereocenters. The summed E-state index contributed by atoms with van der Waals surface area (Å²) in [4.78, 5) is 27.3. The summed E-state index contributed by atoms with van der Waals surface area (Å²) in [5.41, 5.74) is 1.49. The zero-order chi connectivity index (χ0) is 25.3. The van der Waals surface area contributed by atoms with Crippen molar-refractivity contribution >= 4 is 23.1 Å². The number of benzene rings is 3. The van der Waals surface area contributed by atoms with E-state index >= 15 is 0 Å². The van der Waals surface area contributed by atoms with Crippen molar-refractivity contribution in [2.75, 3.05) is 11.5 Å². The molecule has 0 bridgehead atoms. The third-order valence-electron chi connectivity index (χ3n) is 5.76. The summed E-state index contributed by atoms with van der Waals surface area (Å²) in [6.07, 6.45) is 0. The van der Waals surface area contributed by atoms with Crippen molar-refractivity contribution in [1.29, 1.82) is 0 Å². The van der Waals surface area contributed by atoms with Crippen LogP contribution >= 0.6 is 0 Å². The summed E-state index contributed by atoms with van der Waals surface area (Å²) in [6.45, 7) is 6.41. The van der Waals surface area contributed by atoms with Crippen LogP contribution in [-0.4, -0.2) is 23.4 Å². The molecule has 1 aliphatic rings. The van der Waals surface area contributed by atoms with Crippen LogP contribution in [0.15, 0.2) is 72.3 Å². The fraction of sp³-hybridized carbons (Fsp3) is 0.214. The minimum atomic E-state index is -1.15. The Morgan fingerprint density at radius 1 is 1.00 bits per heavy atom. The van der Waals surface area contributed by atoms with Crippen molar-refractivity contribution in [1.82, 2.24) is 0 Å². The van der Waals surface area contributed by atoms with E-state index in [4.69, 9.17) is 4.74 Å². The highest BCUT2D eigenvalue weighted by atomic mass is 19.2. The van der Waals surface area contributed by atoms with E-state index < -0.39 is 29.4 Å². The van der Waals surface area contributed by atoms with E-state index in [2.05, 4.69) is 0 Å². The number of ether oxygens (including phenoxy) is 1. The number of aliphatic hydroxyl groups is 1. The topological polar surface area (TPSA) is 66.8 Å². The zero-order valence-corrected chi connectivity index (χ0v) is 19.6. The van der Waals surface area contributed by atoms with Gasteiger partial charge in [-0.25, -0.2) is 8.78 Å². The van der Waals surface area contributed by atoms with Gasteiger partial charge in [-0.05, 0) is 54.3 Å². The van der Waals surface area contributed by atoms with Gasteiger partial charge in [-0.15, -0.1) is 0 Å². The smallest absolute Gasteiger partial charge is 0.300 e. The molecule has 0 radical (unpaired) electrons. The van der Waals surface area contributed by atoms with Crippen LogP contribution in [0.5, 0.6) is 5.75 Å². The Kier molecular flexibility index (Phi) is 6.69. The monoisotopic (exact) mass is 477 g/mol. The minimum Gasteiger partial charge on any atom is -0.507 e. The standard InChI is InChI=1S/C28H25F2NO4/c1-16(2)15-35-23-12-9-19(13-17(23)3)26(32)24-25(18-7-5-4-6-8-18)31(28(34)27(24)33)20-10-11-21(29)22(30)14-20/h4-14,16,25,32H,15H2,1-3H3/b26-24+. The maximum Gasteiger partial charge on any atom is 0.300 e. The molecule has 1 atom stereocenters. The number of rotatable bonds is 6. The molecular weight excluding hydrogens is 452 g/mol. The number of halogens is 2. The second kappa shape index (κ2) is 9.70. The maximum atomic E-state index is 14.0. The number of ketones is 1. The van der Waals surface area contributed by atoms with Gasteiger partial charge in [0.1, 0.15) is 11.5 Å². The number of carbonyl (C=O) groups excluding carboxylic acids is 2. The Balaban J connectivity index is 1.84. The van der Waals surface area contributed by atoms with Crippen molar-refractivity contribution in [3.05, 3.63) is 101 Å². The lowest BCUT2D eigenvalue weighted by Crippen LogP contribution is -2.29. The highest BCUT2D eigenvalue weighted by molar-refractivity contribution is 6.51. The first-order valence-electron chi connectivity index (χ1n) is 11.2. The lowest BCUT2D eigenvalue weighted by Gasteiger charge is -2.25. The van der Waals surface area contributed by atoms with Gasteiger partial charge in [-0.3, -0.25) is 14.5 Å². The second-order valence-corrected chi connectivity index (χ2v) is 8.86. The van der Waals surface area contributed by atoms with E-state index in [0.717, 1.165) is 22.6 Å². The molecule has 1 amide bonds. The third kappa shape index (κ3) is 4.67. The predicted octanol–water partition coefficient (Wildman–Crippen LogP) is 5.93. The molecule has 1 fully saturated rings. The zero-order valence-electron chi connectivity index (χ0n) is 19.6. The summed E-state index contributed by atoms with van der Waals surface area (Å²) in [5, 5.41) is 11.2. The number of anilines is 1. The van der Waals surface area contributed by atoms with Crippen LogP contribution in [-0.2, 0) is 9.59 Å². The lowest BCUT2D eigenvalue weighted by atomic mass is 9.94. The van der Waals surface area contributed by atoms with Crippen LogP contribution in [0.3, 0.4) is 0 Å². The van der Waals surface area contributed by atoms with Crippen molar-refractivity contribution < 1.29 is 28.2 Å². The number of aryl methyl sites for hydroxylation is 1. The van der Waals surface area contributed by atoms with Crippen LogP contribution in [0.1, 0.15) is 36.6 Å². The molecule has 4 rings (SSSR count). The Labute approximate surface area is 202 Å². The van der Waals surface area contributed by atoms with Gasteiger partial charge in [0, 0.05) is 17.3 Å². The molecule has 3 aromatic carbocycles. The molecule has 3 aromatic rings. The summed E-state index contributed by atoms with van der Waals surface area (Å²) in [6, 6.07) is 15.6. The average molecular weight is 478 g/mol. The summed E-state index contributed by atoms with van der Waals surface area (Å²) < 4.78 is 33.4. The molecular formula is C28H25F2NO4. The molecule has 180 valence electrons. The molecule has 7 heteroatoms. The molecule has 0 aromatic heterocycles. The van der Waals surface area contributed by atoms with Crippen molar-refractivity contribution in [2.45, 2.75) is 26.8 Å². The number of amides is 1. The van der Waals surface area contributed by atoms with Crippen LogP contribution in [0, 0.1) is 24.5 Å². The Hall–Kier alpha value is -4.00. The maximum absolute atomic E-state index is 14.0. The first-order valence-corrected chi connectivity index (χ1v) is 11.2. The molecule has 1 aliphatic heterocycles. The third-order valence-corrected chi connectivity index (χ3v) is 5.76. The van der Waals surface area contributed by atoms with E-state index in [9.17, 15) is 23.5 Å². The number of carbonyl (C=O) groups is 2.